The van der Waals surface area contributed by atoms with E-state index in [1.165, 1.54) is 13.2 Å². The average molecular weight is 254 g/mol. The zero-order valence-corrected chi connectivity index (χ0v) is 10.9. The van der Waals surface area contributed by atoms with Crippen molar-refractivity contribution >= 4 is 5.91 Å². The Kier molecular flexibility index (Phi) is 5.74. The van der Waals surface area contributed by atoms with E-state index in [1.54, 1.807) is 32.2 Å². The zero-order valence-electron chi connectivity index (χ0n) is 10.9. The first-order chi connectivity index (χ1) is 8.60. The van der Waals surface area contributed by atoms with E-state index in [4.69, 9.17) is 4.74 Å². The molecule has 1 amide bonds. The van der Waals surface area contributed by atoms with E-state index in [9.17, 15) is 9.18 Å². The van der Waals surface area contributed by atoms with E-state index in [-0.39, 0.29) is 24.3 Å². The summed E-state index contributed by atoms with van der Waals surface area (Å²) in [6.07, 6.45) is -0.507. The van der Waals surface area contributed by atoms with Crippen LogP contribution in [0.3, 0.4) is 0 Å². The SMILES string of the molecule is CNCC(=O)NC(C)C(OC)c1ccccc1F. The molecule has 2 N–H and O–H groups in total. The zero-order chi connectivity index (χ0) is 13.5. The maximum Gasteiger partial charge on any atom is 0.234 e. The van der Waals surface area contributed by atoms with E-state index in [2.05, 4.69) is 10.6 Å². The van der Waals surface area contributed by atoms with Gasteiger partial charge in [0.15, 0.2) is 0 Å². The average Bonchev–Trinajstić information content (AvgIpc) is 2.32. The topological polar surface area (TPSA) is 50.4 Å². The van der Waals surface area contributed by atoms with Crippen molar-refractivity contribution in [3.8, 4) is 0 Å². The maximum absolute atomic E-state index is 13.7. The molecule has 0 heterocycles. The van der Waals surface area contributed by atoms with Crippen LogP contribution in [0.25, 0.3) is 0 Å². The molecular formula is C13H19FN2O2. The third kappa shape index (κ3) is 3.78. The van der Waals surface area contributed by atoms with Gasteiger partial charge >= 0.3 is 0 Å². The lowest BCUT2D eigenvalue weighted by atomic mass is 10.0. The molecule has 0 bridgehead atoms. The molecule has 0 aromatic heterocycles. The summed E-state index contributed by atoms with van der Waals surface area (Å²) in [6.45, 7) is 2.01. The second-order valence-corrected chi connectivity index (χ2v) is 4.06. The number of hydrogen-bond acceptors (Lipinski definition) is 3. The number of ether oxygens (including phenoxy) is 1. The molecular weight excluding hydrogens is 235 g/mol. The number of nitrogens with one attached hydrogen (secondary N) is 2. The quantitative estimate of drug-likeness (QED) is 0.803. The molecule has 0 radical (unpaired) electrons. The summed E-state index contributed by atoms with van der Waals surface area (Å²) in [7, 11) is 3.19. The van der Waals surface area contributed by atoms with Crippen LogP contribution in [0.2, 0.25) is 0 Å². The van der Waals surface area contributed by atoms with Gasteiger partial charge in [0.2, 0.25) is 5.91 Å². The standard InChI is InChI=1S/C13H19FN2O2/c1-9(16-12(17)8-15-2)13(18-3)10-6-4-5-7-11(10)14/h4-7,9,13,15H,8H2,1-3H3,(H,16,17). The summed E-state index contributed by atoms with van der Waals surface area (Å²) in [4.78, 5) is 11.5. The van der Waals surface area contributed by atoms with Crippen LogP contribution in [-0.4, -0.2) is 32.7 Å². The molecule has 0 aliphatic heterocycles. The van der Waals surface area contributed by atoms with Gasteiger partial charge in [0.25, 0.3) is 0 Å². The minimum absolute atomic E-state index is 0.150. The molecule has 100 valence electrons. The van der Waals surface area contributed by atoms with Crippen LogP contribution < -0.4 is 10.6 Å². The first kappa shape index (κ1) is 14.6. The minimum Gasteiger partial charge on any atom is -0.375 e. The lowest BCUT2D eigenvalue weighted by Gasteiger charge is -2.24. The first-order valence-electron chi connectivity index (χ1n) is 5.81. The Morgan fingerprint density at radius 2 is 2.11 bits per heavy atom. The summed E-state index contributed by atoms with van der Waals surface area (Å²) in [5, 5.41) is 5.52. The van der Waals surface area contributed by atoms with Gasteiger partial charge in [-0.2, -0.15) is 0 Å². The summed E-state index contributed by atoms with van der Waals surface area (Å²) < 4.78 is 19.0. The number of amides is 1. The molecule has 0 aliphatic carbocycles. The van der Waals surface area contributed by atoms with Gasteiger partial charge in [-0.3, -0.25) is 4.79 Å². The van der Waals surface area contributed by atoms with Crippen molar-refractivity contribution in [2.75, 3.05) is 20.7 Å². The molecule has 1 aromatic carbocycles. The van der Waals surface area contributed by atoms with E-state index in [0.29, 0.717) is 5.56 Å². The van der Waals surface area contributed by atoms with Crippen LogP contribution in [0.5, 0.6) is 0 Å². The number of rotatable bonds is 6. The lowest BCUT2D eigenvalue weighted by Crippen LogP contribution is -2.41. The Hall–Kier alpha value is -1.46. The molecule has 5 heteroatoms. The van der Waals surface area contributed by atoms with Gasteiger partial charge < -0.3 is 15.4 Å². The molecule has 4 nitrogen and oxygen atoms in total. The molecule has 2 atom stereocenters. The Labute approximate surface area is 107 Å². The van der Waals surface area contributed by atoms with Crippen LogP contribution in [0.15, 0.2) is 24.3 Å². The van der Waals surface area contributed by atoms with Crippen molar-refractivity contribution < 1.29 is 13.9 Å². The fourth-order valence-corrected chi connectivity index (χ4v) is 1.85. The number of benzene rings is 1. The molecule has 0 aliphatic rings. The van der Waals surface area contributed by atoms with Gasteiger partial charge in [0.1, 0.15) is 11.9 Å². The van der Waals surface area contributed by atoms with Crippen LogP contribution in [0, 0.1) is 5.82 Å². The predicted octanol–water partition coefficient (Wildman–Crippen LogP) is 1.24. The van der Waals surface area contributed by atoms with Crippen LogP contribution >= 0.6 is 0 Å². The highest BCUT2D eigenvalue weighted by Gasteiger charge is 2.22. The number of carbonyl (C=O) groups excluding carboxylic acids is 1. The van der Waals surface area contributed by atoms with Gasteiger partial charge in [-0.05, 0) is 20.0 Å². The fraction of sp³-hybridized carbons (Fsp3) is 0.462. The predicted molar refractivity (Wildman–Crippen MR) is 67.7 cm³/mol. The summed E-state index contributed by atoms with van der Waals surface area (Å²) in [5.74, 6) is -0.484. The third-order valence-corrected chi connectivity index (χ3v) is 2.65. The number of likely N-dealkylation sites (N-methyl/N-ethyl adjacent to an activating group) is 1. The highest BCUT2D eigenvalue weighted by molar-refractivity contribution is 5.78. The van der Waals surface area contributed by atoms with E-state index < -0.39 is 6.10 Å². The molecule has 18 heavy (non-hydrogen) atoms. The molecule has 1 aromatic rings. The number of halogens is 1. The van der Waals surface area contributed by atoms with Crippen molar-refractivity contribution in [1.82, 2.24) is 10.6 Å². The highest BCUT2D eigenvalue weighted by Crippen LogP contribution is 2.23. The molecule has 0 saturated heterocycles. The van der Waals surface area contributed by atoms with Crippen LogP contribution in [0.4, 0.5) is 4.39 Å². The van der Waals surface area contributed by atoms with Gasteiger partial charge in [-0.1, -0.05) is 18.2 Å². The summed E-state index contributed by atoms with van der Waals surface area (Å²) in [6, 6.07) is 6.09. The van der Waals surface area contributed by atoms with Gasteiger partial charge in [0.05, 0.1) is 12.6 Å². The molecule has 0 saturated carbocycles. The van der Waals surface area contributed by atoms with Crippen LogP contribution in [-0.2, 0) is 9.53 Å². The second kappa shape index (κ2) is 7.08. The van der Waals surface area contributed by atoms with Crippen molar-refractivity contribution in [3.63, 3.8) is 0 Å². The Morgan fingerprint density at radius 1 is 1.44 bits per heavy atom. The largest absolute Gasteiger partial charge is 0.375 e. The summed E-state index contributed by atoms with van der Waals surface area (Å²) in [5.41, 5.74) is 0.442. The Balaban J connectivity index is 2.77. The van der Waals surface area contributed by atoms with E-state index >= 15 is 0 Å². The van der Waals surface area contributed by atoms with Crippen molar-refractivity contribution in [2.24, 2.45) is 0 Å². The second-order valence-electron chi connectivity index (χ2n) is 4.06. The monoisotopic (exact) mass is 254 g/mol. The summed E-state index contributed by atoms with van der Waals surface area (Å²) >= 11 is 0. The lowest BCUT2D eigenvalue weighted by molar-refractivity contribution is -0.121. The van der Waals surface area contributed by atoms with Crippen molar-refractivity contribution in [3.05, 3.63) is 35.6 Å². The van der Waals surface area contributed by atoms with E-state index in [0.717, 1.165) is 0 Å². The molecule has 0 spiro atoms. The Bertz CT molecular complexity index is 398. The molecule has 1 rings (SSSR count). The third-order valence-electron chi connectivity index (χ3n) is 2.65. The maximum atomic E-state index is 13.7. The highest BCUT2D eigenvalue weighted by atomic mass is 19.1. The fourth-order valence-electron chi connectivity index (χ4n) is 1.85. The normalized spacial score (nSPS) is 14.0. The van der Waals surface area contributed by atoms with Gasteiger partial charge in [-0.15, -0.1) is 0 Å². The van der Waals surface area contributed by atoms with Crippen LogP contribution in [0.1, 0.15) is 18.6 Å². The number of hydrogen-bond donors (Lipinski definition) is 2. The number of carbonyl (C=O) groups is 1. The van der Waals surface area contributed by atoms with Gasteiger partial charge in [-0.25, -0.2) is 4.39 Å². The van der Waals surface area contributed by atoms with E-state index in [1.807, 2.05) is 0 Å². The molecule has 0 fully saturated rings. The Morgan fingerprint density at radius 3 is 2.67 bits per heavy atom. The van der Waals surface area contributed by atoms with Crippen molar-refractivity contribution in [1.29, 1.82) is 0 Å². The smallest absolute Gasteiger partial charge is 0.234 e. The molecule has 2 unspecified atom stereocenters. The first-order valence-corrected chi connectivity index (χ1v) is 5.81. The van der Waals surface area contributed by atoms with Crippen molar-refractivity contribution in [2.45, 2.75) is 19.1 Å². The number of methoxy groups -OCH3 is 1. The minimum atomic E-state index is -0.507. The van der Waals surface area contributed by atoms with Gasteiger partial charge in [0, 0.05) is 12.7 Å².